The van der Waals surface area contributed by atoms with Gasteiger partial charge in [-0.2, -0.15) is 5.10 Å². The number of esters is 1. The zero-order valence-electron chi connectivity index (χ0n) is 11.5. The van der Waals surface area contributed by atoms with Crippen molar-refractivity contribution in [3.05, 3.63) is 28.8 Å². The Balaban J connectivity index is 2.25. The number of benzene rings is 1. The molecule has 0 fully saturated rings. The molecule has 1 heterocycles. The standard InChI is InChI=1S/C14H15ClN2O3/c1-8-4-5-10(6-12(8)15)17-14(19)11(9(2)16-17)7-13(18)20-3/h4-6,11H,7H2,1-3H3. The van der Waals surface area contributed by atoms with Gasteiger partial charge in [0.2, 0.25) is 0 Å². The van der Waals surface area contributed by atoms with Gasteiger partial charge in [-0.05, 0) is 31.5 Å². The SMILES string of the molecule is COC(=O)CC1C(=O)N(c2ccc(C)c(Cl)c2)N=C1C. The minimum atomic E-state index is -0.567. The first kappa shape index (κ1) is 14.5. The van der Waals surface area contributed by atoms with E-state index in [2.05, 4.69) is 9.84 Å². The van der Waals surface area contributed by atoms with Gasteiger partial charge in [0.25, 0.3) is 5.91 Å². The lowest BCUT2D eigenvalue weighted by Gasteiger charge is -2.14. The molecule has 0 radical (unpaired) electrons. The molecule has 1 unspecified atom stereocenters. The number of carbonyl (C=O) groups is 2. The minimum Gasteiger partial charge on any atom is -0.469 e. The number of amides is 1. The third-order valence-corrected chi connectivity index (χ3v) is 3.67. The van der Waals surface area contributed by atoms with Crippen molar-refractivity contribution in [2.45, 2.75) is 20.3 Å². The topological polar surface area (TPSA) is 59.0 Å². The number of aryl methyl sites for hydroxylation is 1. The van der Waals surface area contributed by atoms with E-state index in [1.807, 2.05) is 13.0 Å². The van der Waals surface area contributed by atoms with Crippen molar-refractivity contribution in [1.82, 2.24) is 0 Å². The van der Waals surface area contributed by atoms with Crippen LogP contribution in [0.4, 0.5) is 5.69 Å². The maximum atomic E-state index is 12.3. The molecule has 1 aromatic carbocycles. The van der Waals surface area contributed by atoms with Crippen LogP contribution in [0.1, 0.15) is 18.9 Å². The Hall–Kier alpha value is -1.88. The molecule has 0 saturated carbocycles. The number of carbonyl (C=O) groups excluding carboxylic acids is 2. The molecular formula is C14H15ClN2O3. The molecule has 0 N–H and O–H groups in total. The van der Waals surface area contributed by atoms with E-state index in [9.17, 15) is 9.59 Å². The molecule has 20 heavy (non-hydrogen) atoms. The summed E-state index contributed by atoms with van der Waals surface area (Å²) in [6.07, 6.45) is 0.000754. The van der Waals surface area contributed by atoms with Crippen LogP contribution in [0, 0.1) is 12.8 Å². The Labute approximate surface area is 122 Å². The van der Waals surface area contributed by atoms with E-state index in [4.69, 9.17) is 11.6 Å². The van der Waals surface area contributed by atoms with Gasteiger partial charge in [-0.1, -0.05) is 17.7 Å². The van der Waals surface area contributed by atoms with Crippen molar-refractivity contribution in [1.29, 1.82) is 0 Å². The fourth-order valence-corrected chi connectivity index (χ4v) is 2.16. The molecule has 1 atom stereocenters. The highest BCUT2D eigenvalue weighted by Gasteiger charge is 2.36. The van der Waals surface area contributed by atoms with Gasteiger partial charge in [0, 0.05) is 10.7 Å². The van der Waals surface area contributed by atoms with E-state index in [0.29, 0.717) is 16.4 Å². The van der Waals surface area contributed by atoms with Crippen molar-refractivity contribution >= 4 is 34.9 Å². The van der Waals surface area contributed by atoms with Gasteiger partial charge >= 0.3 is 5.97 Å². The van der Waals surface area contributed by atoms with Crippen molar-refractivity contribution in [3.8, 4) is 0 Å². The van der Waals surface area contributed by atoms with Crippen LogP contribution in [0.15, 0.2) is 23.3 Å². The Bertz CT molecular complexity index is 598. The van der Waals surface area contributed by atoms with Gasteiger partial charge < -0.3 is 4.74 Å². The van der Waals surface area contributed by atoms with Crippen molar-refractivity contribution < 1.29 is 14.3 Å². The van der Waals surface area contributed by atoms with Crippen LogP contribution in [0.3, 0.4) is 0 Å². The van der Waals surface area contributed by atoms with E-state index < -0.39 is 11.9 Å². The lowest BCUT2D eigenvalue weighted by molar-refractivity contribution is -0.142. The zero-order valence-corrected chi connectivity index (χ0v) is 12.3. The first-order valence-electron chi connectivity index (χ1n) is 6.16. The van der Waals surface area contributed by atoms with Crippen molar-refractivity contribution in [2.75, 3.05) is 12.1 Å². The Morgan fingerprint density at radius 3 is 2.75 bits per heavy atom. The van der Waals surface area contributed by atoms with Crippen LogP contribution < -0.4 is 5.01 Å². The highest BCUT2D eigenvalue weighted by Crippen LogP contribution is 2.29. The molecule has 0 saturated heterocycles. The summed E-state index contributed by atoms with van der Waals surface area (Å²) in [5.74, 6) is -1.24. The molecule has 0 spiro atoms. The third kappa shape index (κ3) is 2.67. The number of hydrogen-bond acceptors (Lipinski definition) is 4. The molecule has 1 aromatic rings. The van der Waals surface area contributed by atoms with Gasteiger partial charge in [0.1, 0.15) is 0 Å². The summed E-state index contributed by atoms with van der Waals surface area (Å²) in [6.45, 7) is 3.60. The lowest BCUT2D eigenvalue weighted by atomic mass is 10.0. The fourth-order valence-electron chi connectivity index (χ4n) is 1.99. The maximum Gasteiger partial charge on any atom is 0.306 e. The quantitative estimate of drug-likeness (QED) is 0.805. The highest BCUT2D eigenvalue weighted by molar-refractivity contribution is 6.31. The predicted molar refractivity (Wildman–Crippen MR) is 76.9 cm³/mol. The number of hydrogen-bond donors (Lipinski definition) is 0. The maximum absolute atomic E-state index is 12.3. The van der Waals surface area contributed by atoms with Crippen LogP contribution in [-0.2, 0) is 14.3 Å². The number of nitrogens with zero attached hydrogens (tertiary/aromatic N) is 2. The van der Waals surface area contributed by atoms with E-state index in [1.165, 1.54) is 12.1 Å². The van der Waals surface area contributed by atoms with Gasteiger partial charge in [-0.25, -0.2) is 5.01 Å². The molecule has 0 aromatic heterocycles. The summed E-state index contributed by atoms with van der Waals surface area (Å²) in [4.78, 5) is 23.7. The fraction of sp³-hybridized carbons (Fsp3) is 0.357. The smallest absolute Gasteiger partial charge is 0.306 e. The molecule has 1 aliphatic rings. The van der Waals surface area contributed by atoms with Crippen LogP contribution in [0.25, 0.3) is 0 Å². The predicted octanol–water partition coefficient (Wildman–Crippen LogP) is 2.55. The number of hydrazone groups is 1. The number of rotatable bonds is 3. The summed E-state index contributed by atoms with van der Waals surface area (Å²) in [5, 5.41) is 6.07. The molecule has 1 amide bonds. The lowest BCUT2D eigenvalue weighted by Crippen LogP contribution is -2.29. The van der Waals surface area contributed by atoms with E-state index in [-0.39, 0.29) is 12.3 Å². The first-order chi connectivity index (χ1) is 9.43. The van der Waals surface area contributed by atoms with Gasteiger partial charge in [0.05, 0.1) is 25.1 Å². The number of methoxy groups -OCH3 is 1. The Morgan fingerprint density at radius 2 is 2.15 bits per heavy atom. The van der Waals surface area contributed by atoms with Gasteiger partial charge in [0.15, 0.2) is 0 Å². The minimum absolute atomic E-state index is 0.000754. The van der Waals surface area contributed by atoms with E-state index >= 15 is 0 Å². The van der Waals surface area contributed by atoms with Crippen LogP contribution in [-0.4, -0.2) is 24.7 Å². The molecular weight excluding hydrogens is 280 g/mol. The van der Waals surface area contributed by atoms with Crippen molar-refractivity contribution in [3.63, 3.8) is 0 Å². The second-order valence-electron chi connectivity index (χ2n) is 4.66. The van der Waals surface area contributed by atoms with Crippen LogP contribution >= 0.6 is 11.6 Å². The van der Waals surface area contributed by atoms with E-state index in [1.54, 1.807) is 19.1 Å². The van der Waals surface area contributed by atoms with Crippen LogP contribution in [0.5, 0.6) is 0 Å². The molecule has 106 valence electrons. The van der Waals surface area contributed by atoms with Crippen molar-refractivity contribution in [2.24, 2.45) is 11.0 Å². The average Bonchev–Trinajstić information content (AvgIpc) is 2.69. The molecule has 0 bridgehead atoms. The van der Waals surface area contributed by atoms with E-state index in [0.717, 1.165) is 5.56 Å². The molecule has 2 rings (SSSR count). The average molecular weight is 295 g/mol. The molecule has 0 aliphatic carbocycles. The van der Waals surface area contributed by atoms with Crippen LogP contribution in [0.2, 0.25) is 5.02 Å². The van der Waals surface area contributed by atoms with Gasteiger partial charge in [-0.3, -0.25) is 9.59 Å². The Morgan fingerprint density at radius 1 is 1.45 bits per heavy atom. The largest absolute Gasteiger partial charge is 0.469 e. The molecule has 1 aliphatic heterocycles. The number of ether oxygens (including phenoxy) is 1. The zero-order chi connectivity index (χ0) is 14.9. The molecule has 5 nitrogen and oxygen atoms in total. The summed E-state index contributed by atoms with van der Waals surface area (Å²) >= 11 is 6.06. The highest BCUT2D eigenvalue weighted by atomic mass is 35.5. The number of halogens is 1. The molecule has 6 heteroatoms. The monoisotopic (exact) mass is 294 g/mol. The normalized spacial score (nSPS) is 18.2. The Kier molecular flexibility index (Phi) is 4.09. The summed E-state index contributed by atoms with van der Waals surface area (Å²) < 4.78 is 4.60. The first-order valence-corrected chi connectivity index (χ1v) is 6.54. The second-order valence-corrected chi connectivity index (χ2v) is 5.06. The van der Waals surface area contributed by atoms with Gasteiger partial charge in [-0.15, -0.1) is 0 Å². The second kappa shape index (κ2) is 5.63. The summed E-state index contributed by atoms with van der Waals surface area (Å²) in [7, 11) is 1.30. The number of anilines is 1. The summed E-state index contributed by atoms with van der Waals surface area (Å²) in [5.41, 5.74) is 2.11. The summed E-state index contributed by atoms with van der Waals surface area (Å²) in [6, 6.07) is 5.28. The third-order valence-electron chi connectivity index (χ3n) is 3.27.